The second kappa shape index (κ2) is 23.8. The SMILES string of the molecule is COC(OC)OC.COc1cc(N2CCN(C(=O)Cn3nc(-c4ncon4)c4cccnc43)CC2)ccc1Cl.COc1cc(N2CCN(C(=O)Cn3nc(/C(N)=N/O)c4cccnc43)CC2)ccc1Cl. The molecule has 3 N–H and O–H groups in total. The van der Waals surface area contributed by atoms with E-state index in [1.54, 1.807) is 48.3 Å². The number of hydrogen-bond acceptors (Lipinski definition) is 18. The van der Waals surface area contributed by atoms with Crippen LogP contribution in [-0.4, -0.2) is 167 Å². The summed E-state index contributed by atoms with van der Waals surface area (Å²) in [6.07, 6.45) is 4.53. The minimum absolute atomic E-state index is 0.0149. The number of carbonyl (C=O) groups excluding carboxylic acids is 2. The number of fused-ring (bicyclic) bond motifs is 2. The molecule has 0 unspecified atom stereocenters. The molecule has 2 saturated heterocycles. The Kier molecular flexibility index (Phi) is 17.2. The molecule has 7 aromatic rings. The van der Waals surface area contributed by atoms with Gasteiger partial charge in [-0.25, -0.2) is 19.3 Å². The Morgan fingerprint density at radius 1 is 0.700 bits per heavy atom. The van der Waals surface area contributed by atoms with Crippen LogP contribution in [0.3, 0.4) is 0 Å². The van der Waals surface area contributed by atoms with E-state index in [2.05, 4.69) is 59.5 Å². The van der Waals surface area contributed by atoms with Gasteiger partial charge < -0.3 is 58.7 Å². The second-order valence-corrected chi connectivity index (χ2v) is 16.2. The number of amidine groups is 1. The number of oxime groups is 1. The summed E-state index contributed by atoms with van der Waals surface area (Å²) in [5.41, 5.74) is 9.68. The van der Waals surface area contributed by atoms with Gasteiger partial charge in [-0.1, -0.05) is 33.5 Å². The van der Waals surface area contributed by atoms with E-state index in [4.69, 9.17) is 48.1 Å². The number of amides is 2. The predicted octanol–water partition coefficient (Wildman–Crippen LogP) is 4.24. The van der Waals surface area contributed by atoms with Gasteiger partial charge >= 0.3 is 0 Å². The molecule has 0 saturated carbocycles. The van der Waals surface area contributed by atoms with E-state index in [9.17, 15) is 9.59 Å². The number of benzene rings is 2. The van der Waals surface area contributed by atoms with Crippen LogP contribution >= 0.6 is 23.2 Å². The Labute approximate surface area is 411 Å². The first-order valence-electron chi connectivity index (χ1n) is 21.7. The molecule has 2 fully saturated rings. The third-order valence-electron chi connectivity index (χ3n) is 11.3. The molecule has 0 radical (unpaired) electrons. The topological polar surface area (TPSA) is 252 Å². The summed E-state index contributed by atoms with van der Waals surface area (Å²) in [6.45, 7) is 4.73. The van der Waals surface area contributed by atoms with Crippen LogP contribution in [0, 0.1) is 0 Å². The largest absolute Gasteiger partial charge is 0.495 e. The van der Waals surface area contributed by atoms with Crippen molar-refractivity contribution in [1.82, 2.24) is 49.5 Å². The number of rotatable bonds is 13. The number of halogens is 2. The zero-order chi connectivity index (χ0) is 49.7. The van der Waals surface area contributed by atoms with Gasteiger partial charge in [-0.15, -0.1) is 0 Å². The maximum atomic E-state index is 13.0. The molecule has 7 heterocycles. The number of pyridine rings is 2. The van der Waals surface area contributed by atoms with Crippen molar-refractivity contribution in [3.8, 4) is 23.0 Å². The van der Waals surface area contributed by atoms with Crippen LogP contribution in [0.2, 0.25) is 10.0 Å². The molecule has 2 amide bonds. The fourth-order valence-corrected chi connectivity index (χ4v) is 8.17. The van der Waals surface area contributed by atoms with Gasteiger partial charge in [0.1, 0.15) is 36.0 Å². The smallest absolute Gasteiger partial charge is 0.270 e. The highest BCUT2D eigenvalue weighted by Gasteiger charge is 2.26. The van der Waals surface area contributed by atoms with Gasteiger partial charge in [0, 0.05) is 110 Å². The second-order valence-electron chi connectivity index (χ2n) is 15.4. The summed E-state index contributed by atoms with van der Waals surface area (Å²) in [5, 5.41) is 27.3. The van der Waals surface area contributed by atoms with E-state index >= 15 is 0 Å². The zero-order valence-electron chi connectivity index (χ0n) is 39.0. The number of aromatic nitrogens is 8. The molecule has 0 aliphatic carbocycles. The van der Waals surface area contributed by atoms with Crippen molar-refractivity contribution in [3.05, 3.63) is 95.2 Å². The summed E-state index contributed by atoms with van der Waals surface area (Å²) < 4.78 is 32.3. The normalized spacial score (nSPS) is 14.1. The van der Waals surface area contributed by atoms with Crippen LogP contribution in [0.5, 0.6) is 11.5 Å². The van der Waals surface area contributed by atoms with Crippen LogP contribution in [0.4, 0.5) is 11.4 Å². The lowest BCUT2D eigenvalue weighted by atomic mass is 10.2. The molecule has 25 heteroatoms. The van der Waals surface area contributed by atoms with Gasteiger partial charge in [0.05, 0.1) is 35.0 Å². The third kappa shape index (κ3) is 11.7. The van der Waals surface area contributed by atoms with E-state index < -0.39 is 6.48 Å². The summed E-state index contributed by atoms with van der Waals surface area (Å²) >= 11 is 12.2. The van der Waals surface area contributed by atoms with E-state index in [1.165, 1.54) is 32.4 Å². The lowest BCUT2D eigenvalue weighted by molar-refractivity contribution is -0.252. The average molecular weight is 1000 g/mol. The van der Waals surface area contributed by atoms with Gasteiger partial charge in [0.25, 0.3) is 6.48 Å². The number of nitrogens with zero attached hydrogens (tertiary/aromatic N) is 13. The Morgan fingerprint density at radius 2 is 1.19 bits per heavy atom. The van der Waals surface area contributed by atoms with Gasteiger partial charge in [0.2, 0.25) is 24.0 Å². The highest BCUT2D eigenvalue weighted by atomic mass is 35.5. The number of hydrogen-bond donors (Lipinski definition) is 2. The summed E-state index contributed by atoms with van der Waals surface area (Å²) in [5.74, 6) is 1.40. The third-order valence-corrected chi connectivity index (χ3v) is 12.0. The van der Waals surface area contributed by atoms with Gasteiger partial charge in [-0.2, -0.15) is 15.2 Å². The molecule has 0 spiro atoms. The van der Waals surface area contributed by atoms with Crippen molar-refractivity contribution in [2.24, 2.45) is 10.9 Å². The molecular formula is C45H52Cl2N14O9. The molecule has 23 nitrogen and oxygen atoms in total. The van der Waals surface area contributed by atoms with Crippen molar-refractivity contribution in [3.63, 3.8) is 0 Å². The van der Waals surface area contributed by atoms with Gasteiger partial charge in [0.15, 0.2) is 17.1 Å². The first-order chi connectivity index (χ1) is 34.0. The van der Waals surface area contributed by atoms with E-state index in [0.717, 1.165) is 16.8 Å². The van der Waals surface area contributed by atoms with Crippen LogP contribution in [0.25, 0.3) is 33.6 Å². The molecule has 2 aliphatic heterocycles. The van der Waals surface area contributed by atoms with E-state index in [0.29, 0.717) is 108 Å². The first-order valence-corrected chi connectivity index (χ1v) is 22.4. The number of ether oxygens (including phenoxy) is 5. The van der Waals surface area contributed by atoms with Crippen molar-refractivity contribution in [1.29, 1.82) is 0 Å². The van der Waals surface area contributed by atoms with Crippen LogP contribution in [0.1, 0.15) is 5.69 Å². The van der Waals surface area contributed by atoms with Crippen molar-refractivity contribution in [2.75, 3.05) is 97.7 Å². The minimum atomic E-state index is -0.514. The van der Waals surface area contributed by atoms with Crippen molar-refractivity contribution < 1.29 is 43.0 Å². The highest BCUT2D eigenvalue weighted by molar-refractivity contribution is 6.32. The van der Waals surface area contributed by atoms with Crippen LogP contribution in [-0.2, 0) is 36.9 Å². The lowest BCUT2D eigenvalue weighted by Crippen LogP contribution is -2.49. The molecule has 5 aromatic heterocycles. The monoisotopic (exact) mass is 1000 g/mol. The fraction of sp³-hybridized carbons (Fsp3) is 0.356. The number of piperazine rings is 2. The summed E-state index contributed by atoms with van der Waals surface area (Å²) in [7, 11) is 7.72. The molecule has 9 rings (SSSR count). The number of methoxy groups -OCH3 is 5. The number of nitrogens with two attached hydrogens (primary N) is 1. The molecule has 0 bridgehead atoms. The summed E-state index contributed by atoms with van der Waals surface area (Å²) in [4.78, 5) is 46.7. The van der Waals surface area contributed by atoms with Crippen LogP contribution < -0.4 is 25.0 Å². The molecule has 0 atom stereocenters. The quantitative estimate of drug-likeness (QED) is 0.0539. The molecule has 2 aliphatic rings. The Hall–Kier alpha value is -7.31. The van der Waals surface area contributed by atoms with Crippen molar-refractivity contribution in [2.45, 2.75) is 19.6 Å². The first kappa shape index (κ1) is 50.6. The van der Waals surface area contributed by atoms with Crippen molar-refractivity contribution >= 4 is 74.3 Å². The minimum Gasteiger partial charge on any atom is -0.495 e. The maximum Gasteiger partial charge on any atom is 0.270 e. The standard InChI is InChI=1S/C21H20ClN7O3.C20H22ClN7O3.C4H10O3/c1-31-17-11-14(4-5-16(17)22)27-7-9-28(10-8-27)18(30)12-29-21-15(3-2-6-23-21)19(25-29)20-24-13-32-26-20;1-31-16-11-13(4-5-15(16)21)26-7-9-27(10-8-26)17(29)12-28-20-14(3-2-6-23-20)18(24-28)19(22)25-30;1-5-4(6-2)7-3/h2-6,11,13H,7-10,12H2,1H3;2-6,11,30H,7-10,12H2,1H3,(H2,22,25);4H,1-3H3. The van der Waals surface area contributed by atoms with Crippen LogP contribution in [0.15, 0.2) is 89.1 Å². The lowest BCUT2D eigenvalue weighted by Gasteiger charge is -2.36. The Balaban J connectivity index is 0.000000182. The molecule has 370 valence electrons. The number of carbonyl (C=O) groups is 2. The van der Waals surface area contributed by atoms with Gasteiger partial charge in [-0.05, 0) is 48.5 Å². The predicted molar refractivity (Wildman–Crippen MR) is 259 cm³/mol. The van der Waals surface area contributed by atoms with Gasteiger partial charge in [-0.3, -0.25) is 9.59 Å². The zero-order valence-corrected chi connectivity index (χ0v) is 40.5. The summed E-state index contributed by atoms with van der Waals surface area (Å²) in [6, 6.07) is 18.5. The Morgan fingerprint density at radius 3 is 1.63 bits per heavy atom. The van der Waals surface area contributed by atoms with E-state index in [-0.39, 0.29) is 30.7 Å². The average Bonchev–Trinajstić information content (AvgIpc) is 4.16. The molecular weight excluding hydrogens is 951 g/mol. The van der Waals surface area contributed by atoms with E-state index in [1.807, 2.05) is 53.4 Å². The number of anilines is 2. The molecule has 70 heavy (non-hydrogen) atoms. The maximum absolute atomic E-state index is 13.0. The Bertz CT molecular complexity index is 2870. The fourth-order valence-electron chi connectivity index (χ4n) is 7.78. The highest BCUT2D eigenvalue weighted by Crippen LogP contribution is 2.31. The molecule has 2 aromatic carbocycles.